The third-order valence-corrected chi connectivity index (χ3v) is 9.18. The number of carbonyl (C=O) groups is 2. The number of aryl methyl sites for hydroxylation is 2. The van der Waals surface area contributed by atoms with Crippen LogP contribution < -0.4 is 9.64 Å². The fraction of sp³-hybridized carbons (Fsp3) is 0.500. The van der Waals surface area contributed by atoms with E-state index in [4.69, 9.17) is 4.74 Å². The second kappa shape index (κ2) is 13.6. The number of anilines is 1. The fourth-order valence-electron chi connectivity index (χ4n) is 7.02. The van der Waals surface area contributed by atoms with Crippen LogP contribution in [0.25, 0.3) is 0 Å². The molecule has 2 aliphatic rings. The van der Waals surface area contributed by atoms with Gasteiger partial charge in [0.05, 0.1) is 40.2 Å². The van der Waals surface area contributed by atoms with E-state index in [0.29, 0.717) is 26.1 Å². The number of amides is 1. The number of likely N-dealkylation sites (tertiary alicyclic amines) is 1. The number of fused-ring (bicyclic) bond motifs is 1. The number of hydrogen-bond acceptors (Lipinski definition) is 4. The van der Waals surface area contributed by atoms with Crippen molar-refractivity contribution in [2.45, 2.75) is 57.5 Å². The predicted molar refractivity (Wildman–Crippen MR) is 174 cm³/mol. The van der Waals surface area contributed by atoms with Gasteiger partial charge < -0.3 is 23.8 Å². The van der Waals surface area contributed by atoms with Gasteiger partial charge in [-0.25, -0.2) is 0 Å². The molecule has 44 heavy (non-hydrogen) atoms. The van der Waals surface area contributed by atoms with Crippen molar-refractivity contribution in [2.24, 2.45) is 13.0 Å². The second-order valence-corrected chi connectivity index (χ2v) is 13.6. The van der Waals surface area contributed by atoms with Crippen LogP contribution in [0.4, 0.5) is 5.69 Å². The molecule has 3 unspecified atom stereocenters. The van der Waals surface area contributed by atoms with Crippen molar-refractivity contribution in [3.63, 3.8) is 0 Å². The van der Waals surface area contributed by atoms with Gasteiger partial charge in [-0.2, -0.15) is 0 Å². The van der Waals surface area contributed by atoms with E-state index in [1.165, 1.54) is 5.56 Å². The standard InChI is InChI=1S/C36H48N4O4/c1-6-7-19-39(30-11-8-10-26(21-30)25-40(3,4)5)34(41)24-38-23-31(27-13-16-33-28(22-27)17-20-44-33)35(36(42)43)32(38)15-14-29-12-9-18-37(29)2/h8-13,16,18,21-22,31-32,35H,6-7,14-15,17,19-20,23-25H2,1-5H3/p+1. The molecule has 1 saturated heterocycles. The van der Waals surface area contributed by atoms with Gasteiger partial charge in [-0.1, -0.05) is 37.6 Å². The second-order valence-electron chi connectivity index (χ2n) is 13.6. The molecule has 8 nitrogen and oxygen atoms in total. The number of quaternary nitrogens is 1. The summed E-state index contributed by atoms with van der Waals surface area (Å²) >= 11 is 0. The molecule has 3 heterocycles. The van der Waals surface area contributed by atoms with Crippen molar-refractivity contribution in [1.82, 2.24) is 9.47 Å². The summed E-state index contributed by atoms with van der Waals surface area (Å²) < 4.78 is 8.62. The van der Waals surface area contributed by atoms with Crippen LogP contribution in [0, 0.1) is 5.92 Å². The Morgan fingerprint density at radius 3 is 2.61 bits per heavy atom. The Balaban J connectivity index is 1.44. The van der Waals surface area contributed by atoms with Gasteiger partial charge in [-0.05, 0) is 60.7 Å². The van der Waals surface area contributed by atoms with Crippen molar-refractivity contribution >= 4 is 17.6 Å². The first kappa shape index (κ1) is 31.8. The zero-order chi connectivity index (χ0) is 31.4. The maximum absolute atomic E-state index is 14.2. The highest BCUT2D eigenvalue weighted by atomic mass is 16.5. The van der Waals surface area contributed by atoms with E-state index < -0.39 is 11.9 Å². The number of ether oxygens (including phenoxy) is 1. The Kier molecular flexibility index (Phi) is 9.81. The molecule has 0 spiro atoms. The van der Waals surface area contributed by atoms with Gasteiger partial charge >= 0.3 is 5.97 Å². The molecule has 0 saturated carbocycles. The number of carboxylic acids is 1. The fourth-order valence-corrected chi connectivity index (χ4v) is 7.02. The lowest BCUT2D eigenvalue weighted by atomic mass is 9.83. The molecule has 1 fully saturated rings. The van der Waals surface area contributed by atoms with Crippen LogP contribution in [0.3, 0.4) is 0 Å². The summed E-state index contributed by atoms with van der Waals surface area (Å²) in [6.45, 7) is 5.03. The number of nitrogens with zero attached hydrogens (tertiary/aromatic N) is 4. The van der Waals surface area contributed by atoms with Crippen molar-refractivity contribution < 1.29 is 23.9 Å². The number of benzene rings is 2. The lowest BCUT2D eigenvalue weighted by Crippen LogP contribution is -2.44. The number of carbonyl (C=O) groups excluding carboxylic acids is 1. The van der Waals surface area contributed by atoms with Crippen LogP contribution in [0.2, 0.25) is 0 Å². The number of unbranched alkanes of at least 4 members (excludes halogenated alkanes) is 1. The lowest BCUT2D eigenvalue weighted by molar-refractivity contribution is -0.884. The van der Waals surface area contributed by atoms with E-state index in [1.807, 2.05) is 48.5 Å². The third-order valence-electron chi connectivity index (χ3n) is 9.18. The Labute approximate surface area is 262 Å². The van der Waals surface area contributed by atoms with Crippen molar-refractivity contribution in [3.05, 3.63) is 83.2 Å². The molecule has 8 heteroatoms. The van der Waals surface area contributed by atoms with E-state index >= 15 is 0 Å². The molecule has 0 bridgehead atoms. The van der Waals surface area contributed by atoms with Crippen molar-refractivity contribution in [2.75, 3.05) is 52.3 Å². The summed E-state index contributed by atoms with van der Waals surface area (Å²) in [6.07, 6.45) is 6.16. The van der Waals surface area contributed by atoms with E-state index in [9.17, 15) is 14.7 Å². The number of carboxylic acid groups (broad SMARTS) is 1. The zero-order valence-corrected chi connectivity index (χ0v) is 27.0. The minimum absolute atomic E-state index is 0.0249. The Morgan fingerprint density at radius 1 is 1.09 bits per heavy atom. The summed E-state index contributed by atoms with van der Waals surface area (Å²) in [6, 6.07) is 18.3. The molecule has 1 aromatic heterocycles. The molecule has 0 radical (unpaired) electrons. The average molecular weight is 602 g/mol. The van der Waals surface area contributed by atoms with E-state index in [1.54, 1.807) is 0 Å². The molecule has 0 aliphatic carbocycles. The number of hydrogen-bond donors (Lipinski definition) is 1. The number of aromatic nitrogens is 1. The highest BCUT2D eigenvalue weighted by Gasteiger charge is 2.47. The quantitative estimate of drug-likeness (QED) is 0.276. The van der Waals surface area contributed by atoms with Gasteiger partial charge in [0.15, 0.2) is 0 Å². The van der Waals surface area contributed by atoms with Gasteiger partial charge in [0.1, 0.15) is 12.3 Å². The summed E-state index contributed by atoms with van der Waals surface area (Å²) in [5, 5.41) is 10.6. The Morgan fingerprint density at radius 2 is 1.91 bits per heavy atom. The van der Waals surface area contributed by atoms with Gasteiger partial charge in [0, 0.05) is 61.7 Å². The molecule has 3 aromatic rings. The average Bonchev–Trinajstić information content (AvgIpc) is 3.69. The first-order valence-electron chi connectivity index (χ1n) is 16.1. The SMILES string of the molecule is CCCCN(C(=O)CN1CC(c2ccc3c(c2)CCO3)C(C(=O)O)C1CCc1cccn1C)c1cccc(C[N+](C)(C)C)c1. The number of rotatable bonds is 13. The lowest BCUT2D eigenvalue weighted by Gasteiger charge is -2.30. The summed E-state index contributed by atoms with van der Waals surface area (Å²) in [5.41, 5.74) is 5.44. The monoisotopic (exact) mass is 601 g/mol. The summed E-state index contributed by atoms with van der Waals surface area (Å²) in [4.78, 5) is 31.3. The summed E-state index contributed by atoms with van der Waals surface area (Å²) in [7, 11) is 8.52. The van der Waals surface area contributed by atoms with Gasteiger partial charge in [-0.15, -0.1) is 0 Å². The van der Waals surface area contributed by atoms with Gasteiger partial charge in [0.25, 0.3) is 0 Å². The molecular weight excluding hydrogens is 552 g/mol. The molecule has 2 aromatic carbocycles. The summed E-state index contributed by atoms with van der Waals surface area (Å²) in [5.74, 6) is -0.696. The van der Waals surface area contributed by atoms with Crippen LogP contribution >= 0.6 is 0 Å². The molecular formula is C36H49N4O4+. The Hall–Kier alpha value is -3.62. The van der Waals surface area contributed by atoms with Crippen LogP contribution in [-0.2, 0) is 36.0 Å². The van der Waals surface area contributed by atoms with Crippen LogP contribution in [0.1, 0.15) is 54.5 Å². The largest absolute Gasteiger partial charge is 0.493 e. The Bertz CT molecular complexity index is 1460. The van der Waals surface area contributed by atoms with E-state index in [0.717, 1.165) is 65.0 Å². The van der Waals surface area contributed by atoms with Gasteiger partial charge in [-0.3, -0.25) is 14.5 Å². The highest BCUT2D eigenvalue weighted by molar-refractivity contribution is 5.95. The number of aliphatic carboxylic acids is 1. The normalized spacial score (nSPS) is 20.0. The van der Waals surface area contributed by atoms with Crippen molar-refractivity contribution in [3.8, 4) is 5.75 Å². The smallest absolute Gasteiger partial charge is 0.308 e. The maximum Gasteiger partial charge on any atom is 0.308 e. The molecule has 1 amide bonds. The highest BCUT2D eigenvalue weighted by Crippen LogP contribution is 2.41. The molecule has 1 N–H and O–H groups in total. The molecule has 3 atom stereocenters. The minimum Gasteiger partial charge on any atom is -0.493 e. The van der Waals surface area contributed by atoms with Crippen molar-refractivity contribution in [1.29, 1.82) is 0 Å². The first-order chi connectivity index (χ1) is 21.0. The van der Waals surface area contributed by atoms with Crippen LogP contribution in [0.15, 0.2) is 60.8 Å². The maximum atomic E-state index is 14.2. The molecule has 236 valence electrons. The van der Waals surface area contributed by atoms with E-state index in [-0.39, 0.29) is 24.4 Å². The van der Waals surface area contributed by atoms with E-state index in [2.05, 4.69) is 61.8 Å². The third kappa shape index (κ3) is 7.36. The molecule has 2 aliphatic heterocycles. The predicted octanol–water partition coefficient (Wildman–Crippen LogP) is 5.10. The zero-order valence-electron chi connectivity index (χ0n) is 27.0. The first-order valence-corrected chi connectivity index (χ1v) is 16.1. The van der Waals surface area contributed by atoms with Crippen LogP contribution in [-0.4, -0.2) is 84.4 Å². The molecule has 5 rings (SSSR count). The van der Waals surface area contributed by atoms with Gasteiger partial charge in [0.2, 0.25) is 5.91 Å². The topological polar surface area (TPSA) is 75.0 Å². The minimum atomic E-state index is -0.797. The van der Waals surface area contributed by atoms with Crippen LogP contribution in [0.5, 0.6) is 5.75 Å².